The maximum absolute atomic E-state index is 12.5. The predicted molar refractivity (Wildman–Crippen MR) is 161 cm³/mol. The van der Waals surface area contributed by atoms with Crippen LogP contribution in [0.1, 0.15) is 24.1 Å². The average Bonchev–Trinajstić information content (AvgIpc) is 3.34. The van der Waals surface area contributed by atoms with Gasteiger partial charge in [-0.05, 0) is 37.4 Å². The second kappa shape index (κ2) is 12.0. The largest absolute Gasteiger partial charge is 0.462 e. The number of likely N-dealkylation sites (N-methyl/N-ethyl adjacent to an activating group) is 1. The molecule has 10 nitrogen and oxygen atoms in total. The number of nitrogens with zero attached hydrogens (tertiary/aromatic N) is 7. The summed E-state index contributed by atoms with van der Waals surface area (Å²) in [4.78, 5) is 30.8. The number of fused-ring (bicyclic) bond motifs is 2. The number of ether oxygens (including phenoxy) is 1. The van der Waals surface area contributed by atoms with E-state index in [9.17, 15) is 15.2 Å². The fourth-order valence-electron chi connectivity index (χ4n) is 6.56. The molecule has 0 spiro atoms. The van der Waals surface area contributed by atoms with Crippen molar-refractivity contribution >= 4 is 28.2 Å². The zero-order valence-electron chi connectivity index (χ0n) is 24.0. The third-order valence-corrected chi connectivity index (χ3v) is 8.77. The smallest absolute Gasteiger partial charge is 0.318 e. The van der Waals surface area contributed by atoms with Gasteiger partial charge in [0, 0.05) is 55.4 Å². The Labute approximate surface area is 246 Å². The quantitative estimate of drug-likeness (QED) is 0.431. The average molecular weight is 568 g/mol. The molecule has 2 saturated heterocycles. The zero-order chi connectivity index (χ0) is 29.2. The summed E-state index contributed by atoms with van der Waals surface area (Å²) in [6.07, 6.45) is 2.61. The molecule has 6 rings (SSSR count). The molecule has 10 heteroatoms. The molecule has 218 valence electrons. The second-order valence-corrected chi connectivity index (χ2v) is 11.4. The number of carbonyl (C=O) groups is 1. The van der Waals surface area contributed by atoms with E-state index >= 15 is 0 Å². The Bertz CT molecular complexity index is 1520. The molecule has 2 aromatic carbocycles. The molecular weight excluding hydrogens is 530 g/mol. The summed E-state index contributed by atoms with van der Waals surface area (Å²) in [5.41, 5.74) is 3.19. The molecule has 3 atom stereocenters. The molecule has 3 aliphatic rings. The lowest BCUT2D eigenvalue weighted by molar-refractivity contribution is -0.128. The summed E-state index contributed by atoms with van der Waals surface area (Å²) < 4.78 is 6.22. The third-order valence-electron chi connectivity index (χ3n) is 8.77. The second-order valence-electron chi connectivity index (χ2n) is 11.4. The molecular formula is C32H37N7O3. The van der Waals surface area contributed by atoms with Gasteiger partial charge in [-0.1, -0.05) is 43.0 Å². The number of benzene rings is 2. The highest BCUT2D eigenvalue weighted by molar-refractivity contribution is 5.94. The maximum Gasteiger partial charge on any atom is 0.318 e. The van der Waals surface area contributed by atoms with Crippen molar-refractivity contribution in [2.45, 2.75) is 44.0 Å². The molecule has 0 radical (unpaired) electrons. The lowest BCUT2D eigenvalue weighted by atomic mass is 10.0. The fraction of sp³-hybridized carbons (Fsp3) is 0.438. The SMILES string of the molecule is C=CC(=O)N1CCN(c2nc(OC[C@@H]3CC(O)CN3C)nc3c2CCN(c2cccc4ccccc24)C3)C[C@@H]1CC#N. The number of rotatable bonds is 7. The van der Waals surface area contributed by atoms with Crippen LogP contribution in [-0.4, -0.2) is 95.3 Å². The van der Waals surface area contributed by atoms with Crippen LogP contribution in [0.25, 0.3) is 10.8 Å². The summed E-state index contributed by atoms with van der Waals surface area (Å²) in [6, 6.07) is 17.2. The van der Waals surface area contributed by atoms with E-state index in [4.69, 9.17) is 14.7 Å². The maximum atomic E-state index is 12.5. The van der Waals surface area contributed by atoms with Crippen molar-refractivity contribution in [3.8, 4) is 12.1 Å². The standard InChI is InChI=1S/C32H37N7O3/c1-3-30(41)39-16-15-38(18-23(39)11-13-33)31-27-12-14-37(29-10-6-8-22-7-4-5-9-26(22)29)20-28(27)34-32(35-31)42-21-24-17-25(40)19-36(24)2/h3-10,23-25,40H,1,11-12,14-21H2,2H3/t23-,24-,25?/m0/s1. The molecule has 0 bridgehead atoms. The van der Waals surface area contributed by atoms with Crippen molar-refractivity contribution in [2.75, 3.05) is 56.2 Å². The van der Waals surface area contributed by atoms with E-state index in [1.807, 2.05) is 7.05 Å². The van der Waals surface area contributed by atoms with Gasteiger partial charge in [0.05, 0.1) is 36.9 Å². The first-order chi connectivity index (χ1) is 20.4. The number of aliphatic hydroxyl groups is 1. The Balaban J connectivity index is 1.32. The van der Waals surface area contributed by atoms with Crippen LogP contribution in [0.3, 0.4) is 0 Å². The number of amides is 1. The number of nitriles is 1. The molecule has 0 aliphatic carbocycles. The van der Waals surface area contributed by atoms with Crippen molar-refractivity contribution in [1.82, 2.24) is 19.8 Å². The van der Waals surface area contributed by atoms with Crippen LogP contribution >= 0.6 is 0 Å². The highest BCUT2D eigenvalue weighted by Crippen LogP contribution is 2.35. The van der Waals surface area contributed by atoms with Gasteiger partial charge < -0.3 is 24.5 Å². The first-order valence-corrected chi connectivity index (χ1v) is 14.6. The minimum Gasteiger partial charge on any atom is -0.462 e. The highest BCUT2D eigenvalue weighted by atomic mass is 16.5. The lowest BCUT2D eigenvalue weighted by Gasteiger charge is -2.42. The number of aliphatic hydroxyl groups excluding tert-OH is 1. The molecule has 1 amide bonds. The van der Waals surface area contributed by atoms with Gasteiger partial charge in [-0.25, -0.2) is 0 Å². The van der Waals surface area contributed by atoms with Gasteiger partial charge in [-0.2, -0.15) is 15.2 Å². The molecule has 1 N–H and O–H groups in total. The third kappa shape index (κ3) is 5.50. The molecule has 3 aliphatic heterocycles. The Morgan fingerprint density at radius 2 is 1.95 bits per heavy atom. The van der Waals surface area contributed by atoms with Crippen molar-refractivity contribution in [2.24, 2.45) is 0 Å². The van der Waals surface area contributed by atoms with E-state index in [-0.39, 0.29) is 30.5 Å². The summed E-state index contributed by atoms with van der Waals surface area (Å²) in [5, 5.41) is 22.0. The molecule has 0 saturated carbocycles. The number of piperazine rings is 1. The van der Waals surface area contributed by atoms with Crippen molar-refractivity contribution in [3.05, 3.63) is 66.4 Å². The van der Waals surface area contributed by atoms with Crippen LogP contribution in [0.2, 0.25) is 0 Å². The lowest BCUT2D eigenvalue weighted by Crippen LogP contribution is -2.55. The van der Waals surface area contributed by atoms with Crippen molar-refractivity contribution < 1.29 is 14.6 Å². The van der Waals surface area contributed by atoms with E-state index in [0.717, 1.165) is 30.0 Å². The number of aromatic nitrogens is 2. The Morgan fingerprint density at radius 1 is 1.12 bits per heavy atom. The summed E-state index contributed by atoms with van der Waals surface area (Å²) >= 11 is 0. The van der Waals surface area contributed by atoms with Crippen molar-refractivity contribution in [1.29, 1.82) is 5.26 Å². The van der Waals surface area contributed by atoms with E-state index < -0.39 is 0 Å². The monoisotopic (exact) mass is 567 g/mol. The number of hydrogen-bond donors (Lipinski definition) is 1. The normalized spacial score (nSPS) is 22.6. The first-order valence-electron chi connectivity index (χ1n) is 14.6. The van der Waals surface area contributed by atoms with Gasteiger partial charge in [0.15, 0.2) is 0 Å². The number of likely N-dealkylation sites (tertiary alicyclic amines) is 1. The van der Waals surface area contributed by atoms with Gasteiger partial charge in [0.2, 0.25) is 5.91 Å². The van der Waals surface area contributed by atoms with Crippen LogP contribution in [0.15, 0.2) is 55.1 Å². The molecule has 1 unspecified atom stereocenters. The van der Waals surface area contributed by atoms with Gasteiger partial charge in [-0.15, -0.1) is 0 Å². The Kier molecular flexibility index (Phi) is 7.96. The number of hydrogen-bond acceptors (Lipinski definition) is 9. The fourth-order valence-corrected chi connectivity index (χ4v) is 6.56. The van der Waals surface area contributed by atoms with E-state index in [0.29, 0.717) is 51.8 Å². The molecule has 42 heavy (non-hydrogen) atoms. The van der Waals surface area contributed by atoms with Crippen molar-refractivity contribution in [3.63, 3.8) is 0 Å². The predicted octanol–water partition coefficient (Wildman–Crippen LogP) is 2.75. The van der Waals surface area contributed by atoms with Gasteiger partial charge >= 0.3 is 6.01 Å². The van der Waals surface area contributed by atoms with Gasteiger partial charge in [-0.3, -0.25) is 9.69 Å². The van der Waals surface area contributed by atoms with Gasteiger partial charge in [0.1, 0.15) is 12.4 Å². The highest BCUT2D eigenvalue weighted by Gasteiger charge is 2.34. The molecule has 3 aromatic rings. The molecule has 1 aromatic heterocycles. The number of carbonyl (C=O) groups excluding carboxylic acids is 1. The first kappa shape index (κ1) is 27.9. The summed E-state index contributed by atoms with van der Waals surface area (Å²) in [5.74, 6) is 0.665. The minimum atomic E-state index is -0.357. The topological polar surface area (TPSA) is 109 Å². The number of β-amino-alcohol motifs (C(OH)–C–C–N with tert-alkyl or cyclic N) is 1. The van der Waals surface area contributed by atoms with E-state index in [1.165, 1.54) is 22.5 Å². The van der Waals surface area contributed by atoms with E-state index in [1.54, 1.807) is 4.90 Å². The van der Waals surface area contributed by atoms with Crippen LogP contribution in [-0.2, 0) is 17.8 Å². The van der Waals surface area contributed by atoms with Gasteiger partial charge in [0.25, 0.3) is 0 Å². The molecule has 4 heterocycles. The Hall–Kier alpha value is -4.20. The van der Waals surface area contributed by atoms with Crippen LogP contribution in [0.4, 0.5) is 11.5 Å². The zero-order valence-corrected chi connectivity index (χ0v) is 24.0. The van der Waals surface area contributed by atoms with Crippen LogP contribution in [0, 0.1) is 11.3 Å². The summed E-state index contributed by atoms with van der Waals surface area (Å²) in [6.45, 7) is 7.67. The number of anilines is 2. The van der Waals surface area contributed by atoms with E-state index in [2.05, 4.69) is 69.8 Å². The molecule has 2 fully saturated rings. The Morgan fingerprint density at radius 3 is 2.74 bits per heavy atom. The van der Waals surface area contributed by atoms with Crippen LogP contribution < -0.4 is 14.5 Å². The van der Waals surface area contributed by atoms with Crippen LogP contribution in [0.5, 0.6) is 6.01 Å². The summed E-state index contributed by atoms with van der Waals surface area (Å²) in [7, 11) is 1.99. The minimum absolute atomic E-state index is 0.0868.